The van der Waals surface area contributed by atoms with E-state index in [2.05, 4.69) is 16.4 Å². The van der Waals surface area contributed by atoms with E-state index in [-0.39, 0.29) is 5.91 Å². The lowest BCUT2D eigenvalue weighted by molar-refractivity contribution is -0.111. The number of benzene rings is 1. The molecule has 0 aliphatic rings. The van der Waals surface area contributed by atoms with Crippen LogP contribution in [0.4, 0.5) is 5.69 Å². The van der Waals surface area contributed by atoms with Crippen LogP contribution in [0.25, 0.3) is 17.0 Å². The molecule has 4 heteroatoms. The lowest BCUT2D eigenvalue weighted by Crippen LogP contribution is -2.07. The van der Waals surface area contributed by atoms with E-state index in [1.807, 2.05) is 49.6 Å². The Morgan fingerprint density at radius 1 is 1.24 bits per heavy atom. The SMILES string of the molecule is Cc1cc2cc(NC(=O)C=Cc3sccc3C)ccc2[nH]1. The molecule has 0 atom stereocenters. The molecule has 0 aliphatic heterocycles. The summed E-state index contributed by atoms with van der Waals surface area (Å²) in [5.41, 5.74) is 4.18. The fourth-order valence-corrected chi connectivity index (χ4v) is 3.07. The zero-order chi connectivity index (χ0) is 14.8. The van der Waals surface area contributed by atoms with Crippen LogP contribution in [-0.2, 0) is 4.79 Å². The van der Waals surface area contributed by atoms with E-state index < -0.39 is 0 Å². The Morgan fingerprint density at radius 3 is 2.86 bits per heavy atom. The number of aryl methyl sites for hydroxylation is 2. The summed E-state index contributed by atoms with van der Waals surface area (Å²) in [6, 6.07) is 9.96. The molecule has 3 nitrogen and oxygen atoms in total. The van der Waals surface area contributed by atoms with Gasteiger partial charge in [0.25, 0.3) is 0 Å². The van der Waals surface area contributed by atoms with Crippen LogP contribution in [0.15, 0.2) is 41.8 Å². The van der Waals surface area contributed by atoms with Gasteiger partial charge in [0.05, 0.1) is 0 Å². The molecule has 2 aromatic heterocycles. The number of hydrogen-bond donors (Lipinski definition) is 2. The van der Waals surface area contributed by atoms with Crippen LogP contribution in [0.5, 0.6) is 0 Å². The maximum absolute atomic E-state index is 12.0. The first kappa shape index (κ1) is 13.6. The van der Waals surface area contributed by atoms with Crippen molar-refractivity contribution in [1.82, 2.24) is 4.98 Å². The van der Waals surface area contributed by atoms with Crippen molar-refractivity contribution in [3.8, 4) is 0 Å². The number of thiophene rings is 1. The van der Waals surface area contributed by atoms with E-state index in [0.717, 1.165) is 27.2 Å². The Morgan fingerprint density at radius 2 is 2.10 bits per heavy atom. The number of H-pyrrole nitrogens is 1. The first-order valence-corrected chi connectivity index (χ1v) is 7.62. The number of hydrogen-bond acceptors (Lipinski definition) is 2. The zero-order valence-electron chi connectivity index (χ0n) is 11.9. The van der Waals surface area contributed by atoms with Gasteiger partial charge in [-0.2, -0.15) is 0 Å². The minimum Gasteiger partial charge on any atom is -0.359 e. The summed E-state index contributed by atoms with van der Waals surface area (Å²) >= 11 is 1.63. The molecule has 3 rings (SSSR count). The van der Waals surface area contributed by atoms with Gasteiger partial charge in [0.1, 0.15) is 0 Å². The van der Waals surface area contributed by atoms with Crippen LogP contribution in [0.2, 0.25) is 0 Å². The second kappa shape index (κ2) is 5.58. The van der Waals surface area contributed by atoms with Gasteiger partial charge in [0, 0.05) is 33.2 Å². The van der Waals surface area contributed by atoms with Crippen molar-refractivity contribution >= 4 is 39.9 Å². The maximum Gasteiger partial charge on any atom is 0.248 e. The predicted molar refractivity (Wildman–Crippen MR) is 89.8 cm³/mol. The van der Waals surface area contributed by atoms with Crippen LogP contribution in [0, 0.1) is 13.8 Å². The summed E-state index contributed by atoms with van der Waals surface area (Å²) in [7, 11) is 0. The minimum atomic E-state index is -0.116. The molecule has 1 amide bonds. The molecule has 1 aromatic carbocycles. The lowest BCUT2D eigenvalue weighted by Gasteiger charge is -2.02. The summed E-state index contributed by atoms with van der Waals surface area (Å²) < 4.78 is 0. The van der Waals surface area contributed by atoms with E-state index >= 15 is 0 Å². The van der Waals surface area contributed by atoms with Crippen molar-refractivity contribution in [3.63, 3.8) is 0 Å². The smallest absolute Gasteiger partial charge is 0.248 e. The number of rotatable bonds is 3. The summed E-state index contributed by atoms with van der Waals surface area (Å²) in [5.74, 6) is -0.116. The number of aromatic nitrogens is 1. The Bertz CT molecular complexity index is 826. The molecular weight excluding hydrogens is 280 g/mol. The van der Waals surface area contributed by atoms with E-state index in [0.29, 0.717) is 0 Å². The van der Waals surface area contributed by atoms with E-state index in [1.54, 1.807) is 17.4 Å². The third-order valence-electron chi connectivity index (χ3n) is 3.31. The fourth-order valence-electron chi connectivity index (χ4n) is 2.25. The largest absolute Gasteiger partial charge is 0.359 e. The first-order chi connectivity index (χ1) is 10.1. The Labute approximate surface area is 127 Å². The van der Waals surface area contributed by atoms with Crippen molar-refractivity contribution < 1.29 is 4.79 Å². The van der Waals surface area contributed by atoms with Gasteiger partial charge in [-0.1, -0.05) is 0 Å². The monoisotopic (exact) mass is 296 g/mol. The molecule has 0 bridgehead atoms. The van der Waals surface area contributed by atoms with Gasteiger partial charge < -0.3 is 10.3 Å². The molecule has 0 spiro atoms. The molecule has 21 heavy (non-hydrogen) atoms. The number of carbonyl (C=O) groups is 1. The minimum absolute atomic E-state index is 0.116. The van der Waals surface area contributed by atoms with Crippen LogP contribution < -0.4 is 5.32 Å². The highest BCUT2D eigenvalue weighted by Gasteiger charge is 2.02. The molecule has 0 unspecified atom stereocenters. The number of fused-ring (bicyclic) bond motifs is 1. The fraction of sp³-hybridized carbons (Fsp3) is 0.118. The van der Waals surface area contributed by atoms with E-state index in [4.69, 9.17) is 0 Å². The average molecular weight is 296 g/mol. The van der Waals surface area contributed by atoms with Gasteiger partial charge in [0.2, 0.25) is 5.91 Å². The lowest BCUT2D eigenvalue weighted by atomic mass is 10.2. The Kier molecular flexibility index (Phi) is 3.62. The van der Waals surface area contributed by atoms with Crippen LogP contribution in [-0.4, -0.2) is 10.9 Å². The molecule has 2 N–H and O–H groups in total. The van der Waals surface area contributed by atoms with Crippen LogP contribution >= 0.6 is 11.3 Å². The zero-order valence-corrected chi connectivity index (χ0v) is 12.8. The second-order valence-electron chi connectivity index (χ2n) is 5.04. The normalized spacial score (nSPS) is 11.3. The molecule has 0 saturated carbocycles. The van der Waals surface area contributed by atoms with Crippen molar-refractivity contribution in [2.75, 3.05) is 5.32 Å². The van der Waals surface area contributed by atoms with Crippen LogP contribution in [0.1, 0.15) is 16.1 Å². The third-order valence-corrected chi connectivity index (χ3v) is 4.29. The number of amides is 1. The number of aromatic amines is 1. The van der Waals surface area contributed by atoms with Gasteiger partial charge >= 0.3 is 0 Å². The molecule has 0 fully saturated rings. The van der Waals surface area contributed by atoms with E-state index in [9.17, 15) is 4.79 Å². The van der Waals surface area contributed by atoms with Gasteiger partial charge in [0.15, 0.2) is 0 Å². The van der Waals surface area contributed by atoms with Crippen molar-refractivity contribution in [2.24, 2.45) is 0 Å². The van der Waals surface area contributed by atoms with Gasteiger partial charge in [-0.05, 0) is 61.2 Å². The predicted octanol–water partition coefficient (Wildman–Crippen LogP) is 4.50. The second-order valence-corrected chi connectivity index (χ2v) is 5.99. The molecule has 0 aliphatic carbocycles. The quantitative estimate of drug-likeness (QED) is 0.687. The maximum atomic E-state index is 12.0. The van der Waals surface area contributed by atoms with Crippen molar-refractivity contribution in [3.05, 3.63) is 57.9 Å². The molecule has 0 saturated heterocycles. The summed E-state index contributed by atoms with van der Waals surface area (Å²) in [6.45, 7) is 4.06. The topological polar surface area (TPSA) is 44.9 Å². The van der Waals surface area contributed by atoms with Crippen molar-refractivity contribution in [1.29, 1.82) is 0 Å². The van der Waals surface area contributed by atoms with E-state index in [1.165, 1.54) is 5.56 Å². The molecule has 106 valence electrons. The molecular formula is C17H16N2OS. The highest BCUT2D eigenvalue weighted by molar-refractivity contribution is 7.11. The summed E-state index contributed by atoms with van der Waals surface area (Å²) in [5, 5.41) is 6.01. The standard InChI is InChI=1S/C17H16N2OS/c1-11-7-8-21-16(11)5-6-17(20)19-14-3-4-15-13(10-14)9-12(2)18-15/h3-10,18H,1-2H3,(H,19,20). The summed E-state index contributed by atoms with van der Waals surface area (Å²) in [6.07, 6.45) is 3.43. The summed E-state index contributed by atoms with van der Waals surface area (Å²) in [4.78, 5) is 16.3. The highest BCUT2D eigenvalue weighted by Crippen LogP contribution is 2.20. The Hall–Kier alpha value is -2.33. The number of carbonyl (C=O) groups excluding carboxylic acids is 1. The molecule has 0 radical (unpaired) electrons. The Balaban J connectivity index is 1.73. The third kappa shape index (κ3) is 3.06. The number of anilines is 1. The van der Waals surface area contributed by atoms with Gasteiger partial charge in [-0.3, -0.25) is 4.79 Å². The van der Waals surface area contributed by atoms with Crippen LogP contribution in [0.3, 0.4) is 0 Å². The van der Waals surface area contributed by atoms with Crippen molar-refractivity contribution in [2.45, 2.75) is 13.8 Å². The molecule has 3 aromatic rings. The average Bonchev–Trinajstić information content (AvgIpc) is 3.00. The number of nitrogens with one attached hydrogen (secondary N) is 2. The van der Waals surface area contributed by atoms with Gasteiger partial charge in [-0.25, -0.2) is 0 Å². The highest BCUT2D eigenvalue weighted by atomic mass is 32.1. The van der Waals surface area contributed by atoms with Gasteiger partial charge in [-0.15, -0.1) is 11.3 Å². The molecule has 2 heterocycles. The first-order valence-electron chi connectivity index (χ1n) is 6.74.